The standard InChI is InChI=1S/C17H21NOS/c1-13-6-11-17(20-13)12-18-14-7-9-16(10-8-14)19-15-4-2-3-5-15/h6-11,15,18H,2-5,12H2,1H3. The van der Waals surface area contributed by atoms with Crippen LogP contribution in [0.25, 0.3) is 0 Å². The van der Waals surface area contributed by atoms with Crippen LogP contribution in [0.15, 0.2) is 36.4 Å². The average Bonchev–Trinajstić information content (AvgIpc) is 3.10. The second kappa shape index (κ2) is 6.31. The second-order valence-electron chi connectivity index (χ2n) is 5.41. The zero-order valence-electron chi connectivity index (χ0n) is 11.9. The Morgan fingerprint density at radius 3 is 2.50 bits per heavy atom. The molecule has 2 aromatic rings. The van der Waals surface area contributed by atoms with E-state index in [2.05, 4.69) is 48.6 Å². The van der Waals surface area contributed by atoms with E-state index in [0.29, 0.717) is 6.10 Å². The molecule has 1 aromatic carbocycles. The van der Waals surface area contributed by atoms with Gasteiger partial charge in [-0.05, 0) is 69.0 Å². The van der Waals surface area contributed by atoms with Gasteiger partial charge in [-0.1, -0.05) is 0 Å². The van der Waals surface area contributed by atoms with Crippen molar-refractivity contribution < 1.29 is 4.74 Å². The fourth-order valence-corrected chi connectivity index (χ4v) is 3.45. The topological polar surface area (TPSA) is 21.3 Å². The summed E-state index contributed by atoms with van der Waals surface area (Å²) in [5, 5.41) is 3.45. The zero-order chi connectivity index (χ0) is 13.8. The molecule has 3 heteroatoms. The normalized spacial score (nSPS) is 15.4. The third-order valence-electron chi connectivity index (χ3n) is 3.72. The highest BCUT2D eigenvalue weighted by Gasteiger charge is 2.16. The number of thiophene rings is 1. The third-order valence-corrected chi connectivity index (χ3v) is 4.72. The van der Waals surface area contributed by atoms with Crippen molar-refractivity contribution in [3.05, 3.63) is 46.2 Å². The monoisotopic (exact) mass is 287 g/mol. The summed E-state index contributed by atoms with van der Waals surface area (Å²) in [4.78, 5) is 2.73. The predicted octanol–water partition coefficient (Wildman–Crippen LogP) is 4.99. The summed E-state index contributed by atoms with van der Waals surface area (Å²) >= 11 is 1.84. The Labute approximate surface area is 124 Å². The fourth-order valence-electron chi connectivity index (χ4n) is 2.62. The minimum absolute atomic E-state index is 0.433. The SMILES string of the molecule is Cc1ccc(CNc2ccc(OC3CCCC3)cc2)s1. The molecule has 0 atom stereocenters. The van der Waals surface area contributed by atoms with Crippen molar-refractivity contribution >= 4 is 17.0 Å². The summed E-state index contributed by atoms with van der Waals surface area (Å²) < 4.78 is 5.97. The molecular weight excluding hydrogens is 266 g/mol. The highest BCUT2D eigenvalue weighted by Crippen LogP contribution is 2.25. The minimum Gasteiger partial charge on any atom is -0.490 e. The predicted molar refractivity (Wildman–Crippen MR) is 85.7 cm³/mol. The fraction of sp³-hybridized carbons (Fsp3) is 0.412. The van der Waals surface area contributed by atoms with Crippen molar-refractivity contribution in [2.45, 2.75) is 45.3 Å². The molecule has 1 saturated carbocycles. The lowest BCUT2D eigenvalue weighted by molar-refractivity contribution is 0.210. The Balaban J connectivity index is 1.52. The lowest BCUT2D eigenvalue weighted by atomic mass is 10.2. The Kier molecular flexibility index (Phi) is 4.26. The van der Waals surface area contributed by atoms with E-state index < -0.39 is 0 Å². The van der Waals surface area contributed by atoms with Crippen LogP contribution in [0.1, 0.15) is 35.4 Å². The molecule has 0 spiro atoms. The first-order valence-corrected chi connectivity index (χ1v) is 8.17. The molecule has 0 unspecified atom stereocenters. The van der Waals surface area contributed by atoms with Gasteiger partial charge in [0.05, 0.1) is 6.10 Å². The molecule has 0 aliphatic heterocycles. The Bertz CT molecular complexity index is 540. The number of hydrogen-bond acceptors (Lipinski definition) is 3. The van der Waals surface area contributed by atoms with Gasteiger partial charge in [-0.25, -0.2) is 0 Å². The zero-order valence-corrected chi connectivity index (χ0v) is 12.7. The van der Waals surface area contributed by atoms with Crippen molar-refractivity contribution in [3.8, 4) is 5.75 Å². The largest absolute Gasteiger partial charge is 0.490 e. The van der Waals surface area contributed by atoms with Crippen LogP contribution in [0.5, 0.6) is 5.75 Å². The summed E-state index contributed by atoms with van der Waals surface area (Å²) in [5.74, 6) is 0.995. The van der Waals surface area contributed by atoms with E-state index in [1.165, 1.54) is 35.4 Å². The smallest absolute Gasteiger partial charge is 0.119 e. The molecule has 1 aliphatic carbocycles. The van der Waals surface area contributed by atoms with E-state index >= 15 is 0 Å². The molecule has 3 rings (SSSR count). The average molecular weight is 287 g/mol. The highest BCUT2D eigenvalue weighted by molar-refractivity contribution is 7.11. The van der Waals surface area contributed by atoms with E-state index in [1.807, 2.05) is 11.3 Å². The van der Waals surface area contributed by atoms with Gasteiger partial charge in [-0.3, -0.25) is 0 Å². The van der Waals surface area contributed by atoms with Crippen molar-refractivity contribution in [2.24, 2.45) is 0 Å². The van der Waals surface area contributed by atoms with Crippen LogP contribution in [-0.4, -0.2) is 6.10 Å². The van der Waals surface area contributed by atoms with Crippen molar-refractivity contribution in [1.29, 1.82) is 0 Å². The van der Waals surface area contributed by atoms with Gasteiger partial charge < -0.3 is 10.1 Å². The van der Waals surface area contributed by atoms with E-state index in [-0.39, 0.29) is 0 Å². The first kappa shape index (κ1) is 13.5. The van der Waals surface area contributed by atoms with Crippen LogP contribution in [0.4, 0.5) is 5.69 Å². The van der Waals surface area contributed by atoms with E-state index in [0.717, 1.165) is 18.0 Å². The summed E-state index contributed by atoms with van der Waals surface area (Å²) in [5.41, 5.74) is 1.15. The molecule has 2 nitrogen and oxygen atoms in total. The number of aryl methyl sites for hydroxylation is 1. The molecule has 0 bridgehead atoms. The molecule has 1 aliphatic rings. The number of ether oxygens (including phenoxy) is 1. The summed E-state index contributed by atoms with van der Waals surface area (Å²) in [7, 11) is 0. The highest BCUT2D eigenvalue weighted by atomic mass is 32.1. The maximum Gasteiger partial charge on any atom is 0.119 e. The lowest BCUT2D eigenvalue weighted by Crippen LogP contribution is -2.10. The molecule has 1 fully saturated rings. The van der Waals surface area contributed by atoms with Gasteiger partial charge in [0.15, 0.2) is 0 Å². The van der Waals surface area contributed by atoms with Gasteiger partial charge in [0.25, 0.3) is 0 Å². The number of benzene rings is 1. The quantitative estimate of drug-likeness (QED) is 0.836. The molecule has 0 radical (unpaired) electrons. The first-order chi connectivity index (χ1) is 9.79. The van der Waals surface area contributed by atoms with Gasteiger partial charge in [-0.2, -0.15) is 0 Å². The number of hydrogen-bond donors (Lipinski definition) is 1. The summed E-state index contributed by atoms with van der Waals surface area (Å²) in [6.07, 6.45) is 5.47. The number of rotatable bonds is 5. The Hall–Kier alpha value is -1.48. The maximum absolute atomic E-state index is 5.97. The number of anilines is 1. The lowest BCUT2D eigenvalue weighted by Gasteiger charge is -2.13. The summed E-state index contributed by atoms with van der Waals surface area (Å²) in [6.45, 7) is 3.03. The minimum atomic E-state index is 0.433. The maximum atomic E-state index is 5.97. The molecule has 0 amide bonds. The second-order valence-corrected chi connectivity index (χ2v) is 6.79. The molecule has 1 N–H and O–H groups in total. The van der Waals surface area contributed by atoms with Gasteiger partial charge in [0.1, 0.15) is 5.75 Å². The molecule has 0 saturated heterocycles. The molecule has 20 heavy (non-hydrogen) atoms. The van der Waals surface area contributed by atoms with Crippen molar-refractivity contribution in [1.82, 2.24) is 0 Å². The van der Waals surface area contributed by atoms with Gasteiger partial charge in [-0.15, -0.1) is 11.3 Å². The molecule has 106 valence electrons. The van der Waals surface area contributed by atoms with E-state index in [1.54, 1.807) is 0 Å². The van der Waals surface area contributed by atoms with Crippen LogP contribution in [0.3, 0.4) is 0 Å². The van der Waals surface area contributed by atoms with Crippen LogP contribution in [0, 0.1) is 6.92 Å². The van der Waals surface area contributed by atoms with Crippen LogP contribution < -0.4 is 10.1 Å². The first-order valence-electron chi connectivity index (χ1n) is 7.35. The molecule has 1 aromatic heterocycles. The van der Waals surface area contributed by atoms with Crippen molar-refractivity contribution in [2.75, 3.05) is 5.32 Å². The molecular formula is C17H21NOS. The Morgan fingerprint density at radius 2 is 1.85 bits per heavy atom. The summed E-state index contributed by atoms with van der Waals surface area (Å²) in [6, 6.07) is 12.7. The Morgan fingerprint density at radius 1 is 1.10 bits per heavy atom. The van der Waals surface area contributed by atoms with Gasteiger partial charge >= 0.3 is 0 Å². The van der Waals surface area contributed by atoms with E-state index in [4.69, 9.17) is 4.74 Å². The van der Waals surface area contributed by atoms with E-state index in [9.17, 15) is 0 Å². The van der Waals surface area contributed by atoms with Crippen LogP contribution >= 0.6 is 11.3 Å². The van der Waals surface area contributed by atoms with Gasteiger partial charge in [0.2, 0.25) is 0 Å². The van der Waals surface area contributed by atoms with Crippen LogP contribution in [0.2, 0.25) is 0 Å². The van der Waals surface area contributed by atoms with Crippen molar-refractivity contribution in [3.63, 3.8) is 0 Å². The van der Waals surface area contributed by atoms with Crippen LogP contribution in [-0.2, 0) is 6.54 Å². The van der Waals surface area contributed by atoms with Gasteiger partial charge in [0, 0.05) is 22.0 Å². The molecule has 1 heterocycles. The number of nitrogens with one attached hydrogen (secondary N) is 1. The third kappa shape index (κ3) is 3.54.